The molecule has 1 aliphatic rings. The number of ether oxygens (including phenoxy) is 1. The van der Waals surface area contributed by atoms with E-state index < -0.39 is 0 Å². The molecule has 0 fully saturated rings. The lowest BCUT2D eigenvalue weighted by atomic mass is 10.0. The highest BCUT2D eigenvalue weighted by atomic mass is 16.5. The first-order valence-electron chi connectivity index (χ1n) is 9.31. The number of rotatable bonds is 4. The number of carbonyl (C=O) groups is 1. The summed E-state index contributed by atoms with van der Waals surface area (Å²) in [6.45, 7) is 4.33. The van der Waals surface area contributed by atoms with Gasteiger partial charge in [0.15, 0.2) is 5.65 Å². The van der Waals surface area contributed by atoms with Crippen LogP contribution in [0.2, 0.25) is 0 Å². The number of fused-ring (bicyclic) bond motifs is 2. The fourth-order valence-corrected chi connectivity index (χ4v) is 3.71. The Hall–Kier alpha value is -3.40. The smallest absolute Gasteiger partial charge is 0.220 e. The van der Waals surface area contributed by atoms with E-state index in [4.69, 9.17) is 10.00 Å². The van der Waals surface area contributed by atoms with E-state index in [1.807, 2.05) is 38.1 Å². The van der Waals surface area contributed by atoms with Crippen molar-refractivity contribution in [1.29, 1.82) is 5.26 Å². The summed E-state index contributed by atoms with van der Waals surface area (Å²) in [5, 5.41) is 16.5. The van der Waals surface area contributed by atoms with Crippen molar-refractivity contribution < 1.29 is 9.53 Å². The number of hydrogen-bond donors (Lipinski definition) is 1. The number of nitriles is 1. The molecule has 3 heterocycles. The van der Waals surface area contributed by atoms with Crippen LogP contribution in [0.3, 0.4) is 0 Å². The van der Waals surface area contributed by atoms with Gasteiger partial charge in [0, 0.05) is 17.8 Å². The zero-order chi connectivity index (χ0) is 19.7. The molecule has 1 aliphatic heterocycles. The highest BCUT2D eigenvalue weighted by Crippen LogP contribution is 2.24. The third-order valence-electron chi connectivity index (χ3n) is 5.18. The molecule has 0 aliphatic carbocycles. The molecule has 28 heavy (non-hydrogen) atoms. The van der Waals surface area contributed by atoms with E-state index >= 15 is 0 Å². The maximum absolute atomic E-state index is 12.5. The van der Waals surface area contributed by atoms with Crippen molar-refractivity contribution >= 4 is 11.6 Å². The van der Waals surface area contributed by atoms with Crippen LogP contribution >= 0.6 is 0 Å². The van der Waals surface area contributed by atoms with E-state index in [9.17, 15) is 4.79 Å². The Labute approximate surface area is 163 Å². The Morgan fingerprint density at radius 1 is 1.39 bits per heavy atom. The Morgan fingerprint density at radius 2 is 2.21 bits per heavy atom. The van der Waals surface area contributed by atoms with Crippen LogP contribution in [-0.4, -0.2) is 33.2 Å². The lowest BCUT2D eigenvalue weighted by Crippen LogP contribution is -2.42. The molecule has 0 spiro atoms. The Bertz CT molecular complexity index is 1100. The summed E-state index contributed by atoms with van der Waals surface area (Å²) in [6.07, 6.45) is 3.22. The van der Waals surface area contributed by atoms with Crippen LogP contribution < -0.4 is 10.1 Å². The summed E-state index contributed by atoms with van der Waals surface area (Å²) in [7, 11) is 0. The standard InChI is InChI=1S/C21H21N5O2/c1-13-18(14(2)26-21(24-13)16(10-22)11-23-26)7-8-20(27)25-17-9-15-5-3-4-6-19(15)28-12-17/h3-6,11,17H,7-9,12H2,1-2H3,(H,25,27)/t17-/m1/s1. The second kappa shape index (κ2) is 7.31. The third kappa shape index (κ3) is 3.29. The van der Waals surface area contributed by atoms with Crippen LogP contribution in [0.15, 0.2) is 30.5 Å². The molecule has 0 bridgehead atoms. The number of nitrogens with one attached hydrogen (secondary N) is 1. The summed E-state index contributed by atoms with van der Waals surface area (Å²) in [6, 6.07) is 10.00. The summed E-state index contributed by atoms with van der Waals surface area (Å²) in [4.78, 5) is 17.0. The molecule has 0 saturated carbocycles. The molecule has 1 amide bonds. The minimum Gasteiger partial charge on any atom is -0.491 e. The van der Waals surface area contributed by atoms with Crippen LogP contribution in [0.1, 0.15) is 34.5 Å². The van der Waals surface area contributed by atoms with Gasteiger partial charge in [-0.1, -0.05) is 18.2 Å². The molecule has 0 radical (unpaired) electrons. The Kier molecular flexibility index (Phi) is 4.70. The van der Waals surface area contributed by atoms with Crippen LogP contribution in [0.25, 0.3) is 5.65 Å². The Balaban J connectivity index is 1.42. The minimum absolute atomic E-state index is 0.00921. The topological polar surface area (TPSA) is 92.3 Å². The summed E-state index contributed by atoms with van der Waals surface area (Å²) < 4.78 is 7.41. The van der Waals surface area contributed by atoms with Crippen molar-refractivity contribution in [3.05, 3.63) is 58.5 Å². The zero-order valence-corrected chi connectivity index (χ0v) is 15.9. The monoisotopic (exact) mass is 375 g/mol. The van der Waals surface area contributed by atoms with E-state index in [2.05, 4.69) is 21.5 Å². The lowest BCUT2D eigenvalue weighted by Gasteiger charge is -2.26. The van der Waals surface area contributed by atoms with Gasteiger partial charge in [-0.05, 0) is 43.9 Å². The first-order valence-corrected chi connectivity index (χ1v) is 9.31. The van der Waals surface area contributed by atoms with Gasteiger partial charge >= 0.3 is 0 Å². The second-order valence-electron chi connectivity index (χ2n) is 7.05. The first-order chi connectivity index (χ1) is 13.6. The number of hydrogen-bond acceptors (Lipinski definition) is 5. The van der Waals surface area contributed by atoms with Gasteiger partial charge in [0.1, 0.15) is 24.0 Å². The molecular weight excluding hydrogens is 354 g/mol. The fraction of sp³-hybridized carbons (Fsp3) is 0.333. The average Bonchev–Trinajstić information content (AvgIpc) is 3.10. The molecule has 0 unspecified atom stereocenters. The number of para-hydroxylation sites is 1. The molecule has 3 aromatic rings. The van der Waals surface area contributed by atoms with E-state index in [1.165, 1.54) is 6.20 Å². The van der Waals surface area contributed by atoms with E-state index in [1.54, 1.807) is 4.52 Å². The van der Waals surface area contributed by atoms with Gasteiger partial charge in [-0.25, -0.2) is 9.50 Å². The second-order valence-corrected chi connectivity index (χ2v) is 7.05. The number of aromatic nitrogens is 3. The molecule has 1 atom stereocenters. The average molecular weight is 375 g/mol. The summed E-state index contributed by atoms with van der Waals surface area (Å²) in [5.41, 5.74) is 4.85. The fourth-order valence-electron chi connectivity index (χ4n) is 3.71. The van der Waals surface area contributed by atoms with Crippen molar-refractivity contribution in [3.63, 3.8) is 0 Å². The van der Waals surface area contributed by atoms with Gasteiger partial charge in [0.25, 0.3) is 0 Å². The number of nitrogens with zero attached hydrogens (tertiary/aromatic N) is 4. The van der Waals surface area contributed by atoms with Crippen molar-refractivity contribution in [3.8, 4) is 11.8 Å². The van der Waals surface area contributed by atoms with Gasteiger partial charge in [-0.3, -0.25) is 4.79 Å². The third-order valence-corrected chi connectivity index (χ3v) is 5.18. The molecule has 7 nitrogen and oxygen atoms in total. The van der Waals surface area contributed by atoms with E-state index in [0.29, 0.717) is 30.7 Å². The number of amides is 1. The SMILES string of the molecule is Cc1nc2c(C#N)cnn2c(C)c1CCC(=O)N[C@H]1COc2ccccc2C1. The van der Waals surface area contributed by atoms with Crippen molar-refractivity contribution in [2.45, 2.75) is 39.2 Å². The van der Waals surface area contributed by atoms with Crippen molar-refractivity contribution in [1.82, 2.24) is 19.9 Å². The molecule has 142 valence electrons. The highest BCUT2D eigenvalue weighted by molar-refractivity contribution is 5.76. The van der Waals surface area contributed by atoms with Gasteiger partial charge in [0.05, 0.1) is 12.2 Å². The molecule has 4 rings (SSSR count). The van der Waals surface area contributed by atoms with E-state index in [-0.39, 0.29) is 11.9 Å². The van der Waals surface area contributed by atoms with Gasteiger partial charge in [0.2, 0.25) is 5.91 Å². The number of carbonyl (C=O) groups excluding carboxylic acids is 1. The van der Waals surface area contributed by atoms with Crippen LogP contribution in [0, 0.1) is 25.2 Å². The predicted octanol–water partition coefficient (Wildman–Crippen LogP) is 2.27. The predicted molar refractivity (Wildman–Crippen MR) is 103 cm³/mol. The highest BCUT2D eigenvalue weighted by Gasteiger charge is 2.21. The van der Waals surface area contributed by atoms with E-state index in [0.717, 1.165) is 34.7 Å². The minimum atomic E-state index is -0.0190. The quantitative estimate of drug-likeness (QED) is 0.755. The normalized spacial score (nSPS) is 15.5. The molecule has 1 aromatic carbocycles. The summed E-state index contributed by atoms with van der Waals surface area (Å²) in [5.74, 6) is 0.889. The van der Waals surface area contributed by atoms with Crippen LogP contribution in [0.5, 0.6) is 5.75 Å². The largest absolute Gasteiger partial charge is 0.491 e. The van der Waals surface area contributed by atoms with Gasteiger partial charge in [-0.15, -0.1) is 0 Å². The zero-order valence-electron chi connectivity index (χ0n) is 15.9. The van der Waals surface area contributed by atoms with Crippen molar-refractivity contribution in [2.75, 3.05) is 6.61 Å². The molecule has 1 N–H and O–H groups in total. The maximum atomic E-state index is 12.5. The van der Waals surface area contributed by atoms with Crippen molar-refractivity contribution in [2.24, 2.45) is 0 Å². The van der Waals surface area contributed by atoms with Crippen LogP contribution in [-0.2, 0) is 17.6 Å². The van der Waals surface area contributed by atoms with Gasteiger partial charge in [-0.2, -0.15) is 10.4 Å². The first kappa shape index (κ1) is 18.0. The van der Waals surface area contributed by atoms with Gasteiger partial charge < -0.3 is 10.1 Å². The molecule has 7 heteroatoms. The number of aryl methyl sites for hydroxylation is 2. The number of benzene rings is 1. The van der Waals surface area contributed by atoms with Crippen LogP contribution in [0.4, 0.5) is 0 Å². The summed E-state index contributed by atoms with van der Waals surface area (Å²) >= 11 is 0. The Morgan fingerprint density at radius 3 is 3.04 bits per heavy atom. The lowest BCUT2D eigenvalue weighted by molar-refractivity contribution is -0.122. The maximum Gasteiger partial charge on any atom is 0.220 e. The molecule has 0 saturated heterocycles. The molecule has 2 aromatic heterocycles. The molecular formula is C21H21N5O2.